The van der Waals surface area contributed by atoms with Gasteiger partial charge in [0.1, 0.15) is 18.3 Å². The summed E-state index contributed by atoms with van der Waals surface area (Å²) < 4.78 is 24.3. The number of ether oxygens (including phenoxy) is 2. The highest BCUT2D eigenvalue weighted by molar-refractivity contribution is 6.74. The van der Waals surface area contributed by atoms with Gasteiger partial charge in [0.25, 0.3) is 0 Å². The number of ketones is 1. The minimum atomic E-state index is -2.23. The lowest BCUT2D eigenvalue weighted by atomic mass is 9.84. The van der Waals surface area contributed by atoms with Crippen LogP contribution in [0.4, 0.5) is 0 Å². The lowest BCUT2D eigenvalue weighted by Gasteiger charge is -2.42. The number of Topliss-reactive ketones (excluding diaryl/α,β-unsaturated/α-hetero) is 1. The first-order valence-electron chi connectivity index (χ1n) is 17.2. The molecule has 2 aliphatic carbocycles. The molecule has 0 unspecified atom stereocenters. The molecule has 2 aliphatic rings. The molecule has 0 spiro atoms. The highest BCUT2D eigenvalue weighted by Crippen LogP contribution is 2.44. The van der Waals surface area contributed by atoms with Crippen molar-refractivity contribution < 1.29 is 32.7 Å². The molecule has 0 bridgehead atoms. The van der Waals surface area contributed by atoms with Crippen molar-refractivity contribution in [3.63, 3.8) is 0 Å². The topological polar surface area (TPSA) is 88.1 Å². The lowest BCUT2D eigenvalue weighted by molar-refractivity contribution is -0.151. The minimum absolute atomic E-state index is 0.0371. The van der Waals surface area contributed by atoms with Crippen molar-refractivity contribution in [2.24, 2.45) is 17.8 Å². The summed E-state index contributed by atoms with van der Waals surface area (Å²) >= 11 is 0. The molecular weight excluding hydrogens is 601 g/mol. The van der Waals surface area contributed by atoms with Crippen LogP contribution in [0.2, 0.25) is 36.3 Å². The summed E-state index contributed by atoms with van der Waals surface area (Å²) in [5.74, 6) is -1.77. The molecule has 2 saturated carbocycles. The molecule has 0 heterocycles. The van der Waals surface area contributed by atoms with Crippen molar-refractivity contribution in [2.75, 3.05) is 13.7 Å². The summed E-state index contributed by atoms with van der Waals surface area (Å²) in [5.41, 5.74) is 0.764. The van der Waals surface area contributed by atoms with Gasteiger partial charge in [0.05, 0.1) is 19.3 Å². The molecule has 2 rings (SSSR count). The van der Waals surface area contributed by atoms with Gasteiger partial charge in [-0.25, -0.2) is 0 Å². The highest BCUT2D eigenvalue weighted by atomic mass is 28.4. The number of carbonyl (C=O) groups is 3. The van der Waals surface area contributed by atoms with Crippen molar-refractivity contribution in [3.8, 4) is 0 Å². The Morgan fingerprint density at radius 3 is 2.07 bits per heavy atom. The van der Waals surface area contributed by atoms with Crippen molar-refractivity contribution >= 4 is 34.4 Å². The molecule has 9 heteroatoms. The molecule has 0 aliphatic heterocycles. The number of methoxy groups -OCH3 is 1. The van der Waals surface area contributed by atoms with E-state index in [1.54, 1.807) is 0 Å². The van der Waals surface area contributed by atoms with Crippen molar-refractivity contribution in [2.45, 2.75) is 154 Å². The van der Waals surface area contributed by atoms with Crippen LogP contribution >= 0.6 is 0 Å². The lowest BCUT2D eigenvalue weighted by Crippen LogP contribution is -2.46. The molecule has 258 valence electrons. The second kappa shape index (κ2) is 16.5. The van der Waals surface area contributed by atoms with Crippen molar-refractivity contribution in [3.05, 3.63) is 24.3 Å². The van der Waals surface area contributed by atoms with Gasteiger partial charge in [-0.2, -0.15) is 0 Å². The first-order valence-corrected chi connectivity index (χ1v) is 23.0. The first-order chi connectivity index (χ1) is 20.7. The molecule has 0 aromatic heterocycles. The van der Waals surface area contributed by atoms with Crippen LogP contribution in [0.25, 0.3) is 0 Å². The molecule has 0 radical (unpaired) electrons. The number of hydrogen-bond donors (Lipinski definition) is 0. The molecule has 0 aromatic carbocycles. The van der Waals surface area contributed by atoms with Crippen LogP contribution in [0, 0.1) is 17.8 Å². The standard InChI is InChI=1S/C36H64O7Si2/c1-26(18-16-17-21-32(38)40-8)25-41-34(39)33-28(31(24-29(33)37)43-45(11,12)36(5,6)7)22-23-30(27-19-14-13-15-20-27)42-44(9,10)35(2,3)4/h22-23,27-28,30-31,33H,1,13-21,24-25H2,2-12H3/b23-22+/t28-,30+,31+,33+/m0/s1. The normalized spacial score (nSPS) is 22.9. The van der Waals surface area contributed by atoms with E-state index in [1.165, 1.54) is 26.4 Å². The van der Waals surface area contributed by atoms with Crippen molar-refractivity contribution in [1.29, 1.82) is 0 Å². The first kappa shape index (κ1) is 39.6. The molecular formula is C36H64O7Si2. The molecule has 0 saturated heterocycles. The van der Waals surface area contributed by atoms with Gasteiger partial charge in [-0.05, 0) is 79.9 Å². The van der Waals surface area contributed by atoms with E-state index < -0.39 is 34.4 Å². The third-order valence-electron chi connectivity index (χ3n) is 10.8. The van der Waals surface area contributed by atoms with Crippen LogP contribution in [0.1, 0.15) is 106 Å². The van der Waals surface area contributed by atoms with E-state index in [0.717, 1.165) is 24.8 Å². The average Bonchev–Trinajstić information content (AvgIpc) is 3.24. The third kappa shape index (κ3) is 11.6. The quantitative estimate of drug-likeness (QED) is 0.0568. The Hall–Kier alpha value is -1.56. The average molecular weight is 665 g/mol. The van der Waals surface area contributed by atoms with Gasteiger partial charge in [-0.15, -0.1) is 0 Å². The maximum absolute atomic E-state index is 13.6. The molecule has 7 nitrogen and oxygen atoms in total. The van der Waals surface area contributed by atoms with Gasteiger partial charge in [-0.1, -0.05) is 79.5 Å². The number of hydrogen-bond acceptors (Lipinski definition) is 7. The Labute approximate surface area is 276 Å². The van der Waals surface area contributed by atoms with Crippen LogP contribution in [0.5, 0.6) is 0 Å². The van der Waals surface area contributed by atoms with Gasteiger partial charge >= 0.3 is 11.9 Å². The van der Waals surface area contributed by atoms with E-state index in [-0.39, 0.29) is 47.1 Å². The monoisotopic (exact) mass is 664 g/mol. The van der Waals surface area contributed by atoms with E-state index in [0.29, 0.717) is 25.2 Å². The Bertz CT molecular complexity index is 1040. The Kier molecular flexibility index (Phi) is 14.5. The zero-order valence-electron chi connectivity index (χ0n) is 30.4. The summed E-state index contributed by atoms with van der Waals surface area (Å²) in [6.45, 7) is 26.5. The molecule has 0 aromatic rings. The summed E-state index contributed by atoms with van der Waals surface area (Å²) in [4.78, 5) is 38.5. The van der Waals surface area contributed by atoms with Gasteiger partial charge in [0.2, 0.25) is 0 Å². The second-order valence-corrected chi connectivity index (χ2v) is 25.9. The number of unbranched alkanes of at least 4 members (excludes halogenated alkanes) is 1. The fourth-order valence-corrected chi connectivity index (χ4v) is 8.34. The van der Waals surface area contributed by atoms with Crippen molar-refractivity contribution in [1.82, 2.24) is 0 Å². The van der Waals surface area contributed by atoms with E-state index in [4.69, 9.17) is 18.3 Å². The summed E-state index contributed by atoms with van der Waals surface area (Å²) in [5, 5.41) is 0.0314. The van der Waals surface area contributed by atoms with Crippen LogP contribution < -0.4 is 0 Å². The minimum Gasteiger partial charge on any atom is -0.469 e. The number of rotatable bonds is 15. The van der Waals surface area contributed by atoms with Crippen LogP contribution in [-0.2, 0) is 32.7 Å². The predicted molar refractivity (Wildman–Crippen MR) is 187 cm³/mol. The second-order valence-electron chi connectivity index (χ2n) is 16.4. The maximum atomic E-state index is 13.6. The maximum Gasteiger partial charge on any atom is 0.317 e. The Balaban J connectivity index is 2.31. The largest absolute Gasteiger partial charge is 0.469 e. The Morgan fingerprint density at radius 2 is 1.51 bits per heavy atom. The van der Waals surface area contributed by atoms with Gasteiger partial charge in [-0.3, -0.25) is 14.4 Å². The van der Waals surface area contributed by atoms with Crippen LogP contribution in [0.15, 0.2) is 24.3 Å². The summed E-state index contributed by atoms with van der Waals surface area (Å²) in [7, 11) is -2.93. The molecule has 2 fully saturated rings. The van der Waals surface area contributed by atoms with Crippen LogP contribution in [0.3, 0.4) is 0 Å². The zero-order valence-corrected chi connectivity index (χ0v) is 32.4. The predicted octanol–water partition coefficient (Wildman–Crippen LogP) is 8.94. The van der Waals surface area contributed by atoms with Gasteiger partial charge in [0.15, 0.2) is 16.6 Å². The molecule has 0 amide bonds. The number of esters is 2. The molecule has 0 N–H and O–H groups in total. The third-order valence-corrected chi connectivity index (χ3v) is 19.7. The fourth-order valence-electron chi connectivity index (χ4n) is 5.68. The highest BCUT2D eigenvalue weighted by Gasteiger charge is 2.50. The molecule has 4 atom stereocenters. The zero-order chi connectivity index (χ0) is 34.2. The number of carbonyl (C=O) groups excluding carboxylic acids is 3. The van der Waals surface area contributed by atoms with E-state index in [9.17, 15) is 14.4 Å². The fraction of sp³-hybridized carbons (Fsp3) is 0.806. The molecule has 45 heavy (non-hydrogen) atoms. The summed E-state index contributed by atoms with van der Waals surface area (Å²) in [6, 6.07) is 0. The summed E-state index contributed by atoms with van der Waals surface area (Å²) in [6.07, 6.45) is 12.3. The van der Waals surface area contributed by atoms with E-state index >= 15 is 0 Å². The van der Waals surface area contributed by atoms with Crippen LogP contribution in [-0.4, -0.2) is 60.3 Å². The van der Waals surface area contributed by atoms with Gasteiger partial charge in [0, 0.05) is 18.8 Å². The Morgan fingerprint density at radius 1 is 0.933 bits per heavy atom. The van der Waals surface area contributed by atoms with E-state index in [1.807, 2.05) is 0 Å². The smallest absolute Gasteiger partial charge is 0.317 e. The van der Waals surface area contributed by atoms with Gasteiger partial charge < -0.3 is 18.3 Å². The SMILES string of the molecule is C=C(CCCCC(=O)OC)COC(=O)[C@H]1C(=O)C[C@@H](O[Si](C)(C)C(C)(C)C)[C@@H]1/C=C/[C@@H](O[Si](C)(C)C(C)(C)C)C1CCCCC1. The van der Waals surface area contributed by atoms with E-state index in [2.05, 4.69) is 86.5 Å².